The monoisotopic (exact) mass is 406 g/mol. The SMILES string of the molecule is Br.Br.Br.CC(N)(C(N)=O)c1cnccn1. The molecule has 88 valence electrons. The fourth-order valence-electron chi connectivity index (χ4n) is 0.694. The van der Waals surface area contributed by atoms with Crippen molar-refractivity contribution < 1.29 is 4.79 Å². The predicted molar refractivity (Wildman–Crippen MR) is 73.7 cm³/mol. The third-order valence-corrected chi connectivity index (χ3v) is 1.61. The van der Waals surface area contributed by atoms with Crippen LogP contribution in [0.1, 0.15) is 12.6 Å². The van der Waals surface area contributed by atoms with Crippen molar-refractivity contribution in [1.82, 2.24) is 9.97 Å². The van der Waals surface area contributed by atoms with Crippen LogP contribution in [-0.4, -0.2) is 15.9 Å². The number of hydrogen-bond donors (Lipinski definition) is 2. The molecular weight excluding hydrogens is 396 g/mol. The maximum Gasteiger partial charge on any atom is 0.243 e. The van der Waals surface area contributed by atoms with Crippen LogP contribution in [0.2, 0.25) is 0 Å². The van der Waals surface area contributed by atoms with Gasteiger partial charge in [0.25, 0.3) is 0 Å². The molecule has 0 radical (unpaired) electrons. The molecule has 0 aromatic carbocycles. The third kappa shape index (κ3) is 5.01. The largest absolute Gasteiger partial charge is 0.368 e. The fourth-order valence-corrected chi connectivity index (χ4v) is 0.694. The van der Waals surface area contributed by atoms with Crippen LogP contribution < -0.4 is 11.5 Å². The lowest BCUT2D eigenvalue weighted by atomic mass is 9.99. The van der Waals surface area contributed by atoms with Crippen molar-refractivity contribution in [1.29, 1.82) is 0 Å². The molecule has 5 nitrogen and oxygen atoms in total. The highest BCUT2D eigenvalue weighted by Crippen LogP contribution is 2.11. The predicted octanol–water partition coefficient (Wildman–Crippen LogP) is 0.870. The standard InChI is InChI=1S/C7H10N4O.3BrH/c1-7(9,6(8)12)5-4-10-2-3-11-5;;;/h2-4H,9H2,1H3,(H2,8,12);3*1H. The number of hydrogen-bond acceptors (Lipinski definition) is 4. The second-order valence-corrected chi connectivity index (χ2v) is 2.66. The number of aromatic nitrogens is 2. The fraction of sp³-hybridized carbons (Fsp3) is 0.286. The summed E-state index contributed by atoms with van der Waals surface area (Å²) in [4.78, 5) is 18.5. The van der Waals surface area contributed by atoms with Crippen LogP contribution in [0.4, 0.5) is 0 Å². The molecule has 1 rings (SSSR count). The summed E-state index contributed by atoms with van der Waals surface area (Å²) in [5, 5.41) is 0. The normalized spacial score (nSPS) is 12.1. The number of carbonyl (C=O) groups is 1. The molecule has 0 aliphatic heterocycles. The van der Waals surface area contributed by atoms with Gasteiger partial charge in [0.1, 0.15) is 5.54 Å². The van der Waals surface area contributed by atoms with Crippen LogP contribution in [0.25, 0.3) is 0 Å². The molecule has 1 atom stereocenters. The molecule has 1 heterocycles. The average molecular weight is 409 g/mol. The van der Waals surface area contributed by atoms with E-state index in [4.69, 9.17) is 11.5 Å². The molecule has 0 saturated heterocycles. The molecular formula is C7H13Br3N4O. The van der Waals surface area contributed by atoms with E-state index in [1.807, 2.05) is 0 Å². The molecule has 1 aromatic heterocycles. The van der Waals surface area contributed by atoms with Crippen LogP contribution in [0, 0.1) is 0 Å². The summed E-state index contributed by atoms with van der Waals surface area (Å²) in [6.07, 6.45) is 4.38. The van der Waals surface area contributed by atoms with Crippen molar-refractivity contribution >= 4 is 56.9 Å². The third-order valence-electron chi connectivity index (χ3n) is 1.61. The van der Waals surface area contributed by atoms with Gasteiger partial charge in [-0.25, -0.2) is 0 Å². The number of halogens is 3. The molecule has 1 unspecified atom stereocenters. The smallest absolute Gasteiger partial charge is 0.243 e. The van der Waals surface area contributed by atoms with Gasteiger partial charge >= 0.3 is 0 Å². The lowest BCUT2D eigenvalue weighted by molar-refractivity contribution is -0.122. The van der Waals surface area contributed by atoms with E-state index in [0.29, 0.717) is 5.69 Å². The van der Waals surface area contributed by atoms with Crippen molar-refractivity contribution in [3.8, 4) is 0 Å². The van der Waals surface area contributed by atoms with Gasteiger partial charge in [0.15, 0.2) is 0 Å². The van der Waals surface area contributed by atoms with Gasteiger partial charge in [-0.05, 0) is 6.92 Å². The molecule has 8 heteroatoms. The molecule has 0 saturated carbocycles. The maximum absolute atomic E-state index is 10.9. The molecule has 0 aliphatic carbocycles. The summed E-state index contributed by atoms with van der Waals surface area (Å²) in [5.41, 5.74) is 9.81. The van der Waals surface area contributed by atoms with Gasteiger partial charge in [-0.3, -0.25) is 14.8 Å². The zero-order valence-electron chi connectivity index (χ0n) is 7.91. The van der Waals surface area contributed by atoms with E-state index in [2.05, 4.69) is 9.97 Å². The first-order chi connectivity index (χ1) is 5.55. The second kappa shape index (κ2) is 8.14. The van der Waals surface area contributed by atoms with Gasteiger partial charge in [0.05, 0.1) is 11.9 Å². The van der Waals surface area contributed by atoms with Crippen LogP contribution in [-0.2, 0) is 10.3 Å². The van der Waals surface area contributed by atoms with E-state index >= 15 is 0 Å². The number of primary amides is 1. The maximum atomic E-state index is 10.9. The van der Waals surface area contributed by atoms with Crippen molar-refractivity contribution in [3.63, 3.8) is 0 Å². The second-order valence-electron chi connectivity index (χ2n) is 2.66. The van der Waals surface area contributed by atoms with Gasteiger partial charge in [-0.1, -0.05) is 0 Å². The van der Waals surface area contributed by atoms with Crippen molar-refractivity contribution in [3.05, 3.63) is 24.3 Å². The molecule has 4 N–H and O–H groups in total. The molecule has 1 amide bonds. The Morgan fingerprint density at radius 1 is 1.33 bits per heavy atom. The Labute approximate surface area is 119 Å². The van der Waals surface area contributed by atoms with E-state index in [1.165, 1.54) is 25.5 Å². The molecule has 0 spiro atoms. The zero-order chi connectivity index (χ0) is 9.19. The zero-order valence-corrected chi connectivity index (χ0v) is 13.1. The first-order valence-electron chi connectivity index (χ1n) is 3.40. The quantitative estimate of drug-likeness (QED) is 0.759. The van der Waals surface area contributed by atoms with Crippen LogP contribution in [0.3, 0.4) is 0 Å². The van der Waals surface area contributed by atoms with E-state index < -0.39 is 11.4 Å². The first-order valence-corrected chi connectivity index (χ1v) is 3.40. The Morgan fingerprint density at radius 3 is 2.20 bits per heavy atom. The highest BCUT2D eigenvalue weighted by molar-refractivity contribution is 8.93. The Balaban J connectivity index is -0.000000480. The highest BCUT2D eigenvalue weighted by Gasteiger charge is 2.29. The summed E-state index contributed by atoms with van der Waals surface area (Å²) in [7, 11) is 0. The van der Waals surface area contributed by atoms with E-state index in [1.54, 1.807) is 0 Å². The van der Waals surface area contributed by atoms with Crippen LogP contribution in [0.5, 0.6) is 0 Å². The molecule has 1 aromatic rings. The van der Waals surface area contributed by atoms with Gasteiger partial charge in [-0.15, -0.1) is 50.9 Å². The van der Waals surface area contributed by atoms with Crippen LogP contribution >= 0.6 is 50.9 Å². The Morgan fingerprint density at radius 2 is 1.87 bits per heavy atom. The minimum absolute atomic E-state index is 0. The van der Waals surface area contributed by atoms with E-state index in [-0.39, 0.29) is 50.9 Å². The highest BCUT2D eigenvalue weighted by atomic mass is 79.9. The van der Waals surface area contributed by atoms with Gasteiger partial charge in [-0.2, -0.15) is 0 Å². The number of rotatable bonds is 2. The van der Waals surface area contributed by atoms with Gasteiger partial charge < -0.3 is 11.5 Å². The van der Waals surface area contributed by atoms with E-state index in [0.717, 1.165) is 0 Å². The number of carbonyl (C=O) groups excluding carboxylic acids is 1. The lowest BCUT2D eigenvalue weighted by Crippen LogP contribution is -2.47. The Hall–Kier alpha value is -0.0500. The Kier molecular flexibility index (Phi) is 11.1. The molecule has 0 bridgehead atoms. The van der Waals surface area contributed by atoms with E-state index in [9.17, 15) is 4.79 Å². The lowest BCUT2D eigenvalue weighted by Gasteiger charge is -2.18. The Bertz CT molecular complexity index is 294. The summed E-state index contributed by atoms with van der Waals surface area (Å²) >= 11 is 0. The molecule has 0 fully saturated rings. The average Bonchev–Trinajstić information content (AvgIpc) is 2.06. The summed E-state index contributed by atoms with van der Waals surface area (Å²) in [6, 6.07) is 0. The number of nitrogens with zero attached hydrogens (tertiary/aromatic N) is 2. The molecule has 0 aliphatic rings. The summed E-state index contributed by atoms with van der Waals surface area (Å²) in [6.45, 7) is 1.50. The molecule has 15 heavy (non-hydrogen) atoms. The number of nitrogens with two attached hydrogens (primary N) is 2. The minimum Gasteiger partial charge on any atom is -0.368 e. The van der Waals surface area contributed by atoms with Crippen molar-refractivity contribution in [2.75, 3.05) is 0 Å². The minimum atomic E-state index is -1.24. The number of amides is 1. The van der Waals surface area contributed by atoms with Crippen molar-refractivity contribution in [2.45, 2.75) is 12.5 Å². The van der Waals surface area contributed by atoms with Gasteiger partial charge in [0, 0.05) is 12.4 Å². The van der Waals surface area contributed by atoms with Crippen molar-refractivity contribution in [2.24, 2.45) is 11.5 Å². The first kappa shape index (κ1) is 20.4. The topological polar surface area (TPSA) is 94.9 Å². The summed E-state index contributed by atoms with van der Waals surface area (Å²) < 4.78 is 0. The summed E-state index contributed by atoms with van der Waals surface area (Å²) in [5.74, 6) is -0.622. The van der Waals surface area contributed by atoms with Gasteiger partial charge in [0.2, 0.25) is 5.91 Å². The van der Waals surface area contributed by atoms with Crippen LogP contribution in [0.15, 0.2) is 18.6 Å².